The van der Waals surface area contributed by atoms with Gasteiger partial charge in [0.05, 0.1) is 5.60 Å². The maximum absolute atomic E-state index is 11.5. The molecule has 2 aliphatic carbocycles. The molecule has 0 amide bonds. The van der Waals surface area contributed by atoms with Gasteiger partial charge < -0.3 is 10.8 Å². The van der Waals surface area contributed by atoms with Crippen LogP contribution in [0.4, 0.5) is 0 Å². The molecule has 0 aromatic heterocycles. The normalized spacial score (nSPS) is 35.2. The molecule has 2 aliphatic rings. The summed E-state index contributed by atoms with van der Waals surface area (Å²) >= 11 is 0. The van der Waals surface area contributed by atoms with Crippen molar-refractivity contribution in [2.45, 2.75) is 52.1 Å². The number of benzene rings is 1. The molecule has 3 N–H and O–H groups in total. The van der Waals surface area contributed by atoms with E-state index in [4.69, 9.17) is 5.73 Å². The highest BCUT2D eigenvalue weighted by atomic mass is 16.3. The number of rotatable bonds is 3. The topological polar surface area (TPSA) is 46.2 Å². The van der Waals surface area contributed by atoms with Crippen LogP contribution in [-0.2, 0) is 5.60 Å². The zero-order valence-electron chi connectivity index (χ0n) is 12.9. The molecule has 0 saturated heterocycles. The van der Waals surface area contributed by atoms with Crippen LogP contribution in [-0.4, -0.2) is 11.7 Å². The maximum Gasteiger partial charge on any atom is 0.0941 e. The lowest BCUT2D eigenvalue weighted by atomic mass is 9.60. The highest BCUT2D eigenvalue weighted by molar-refractivity contribution is 5.37. The summed E-state index contributed by atoms with van der Waals surface area (Å²) < 4.78 is 0. The standard InChI is InChI=1S/C18H27NO/c1-12-4-5-13(2)16(8-12)17(3,20)18(11-19)10-14-6-7-15(18)9-14/h4-5,8,14-15,20H,6-7,9-11,19H2,1-3H3. The summed E-state index contributed by atoms with van der Waals surface area (Å²) in [6, 6.07) is 6.39. The Balaban J connectivity index is 2.08. The first-order valence-corrected chi connectivity index (χ1v) is 7.91. The highest BCUT2D eigenvalue weighted by Gasteiger charge is 2.59. The van der Waals surface area contributed by atoms with E-state index in [0.717, 1.165) is 17.9 Å². The monoisotopic (exact) mass is 273 g/mol. The quantitative estimate of drug-likeness (QED) is 0.888. The van der Waals surface area contributed by atoms with Crippen molar-refractivity contribution in [1.29, 1.82) is 0 Å². The van der Waals surface area contributed by atoms with E-state index in [0.29, 0.717) is 12.5 Å². The van der Waals surface area contributed by atoms with Crippen molar-refractivity contribution in [1.82, 2.24) is 0 Å². The second-order valence-corrected chi connectivity index (χ2v) is 7.33. The van der Waals surface area contributed by atoms with Gasteiger partial charge in [-0.1, -0.05) is 30.2 Å². The molecule has 0 heterocycles. The van der Waals surface area contributed by atoms with Crippen molar-refractivity contribution >= 4 is 0 Å². The maximum atomic E-state index is 11.5. The first-order valence-electron chi connectivity index (χ1n) is 7.91. The minimum absolute atomic E-state index is 0.130. The summed E-state index contributed by atoms with van der Waals surface area (Å²) in [5, 5.41) is 11.5. The molecular formula is C18H27NO. The summed E-state index contributed by atoms with van der Waals surface area (Å²) in [6.45, 7) is 6.78. The molecule has 4 unspecified atom stereocenters. The van der Waals surface area contributed by atoms with Crippen LogP contribution in [0.25, 0.3) is 0 Å². The number of nitrogens with two attached hydrogens (primary N) is 1. The molecule has 0 aliphatic heterocycles. The molecule has 2 fully saturated rings. The molecule has 2 bridgehead atoms. The third kappa shape index (κ3) is 1.78. The van der Waals surface area contributed by atoms with Crippen LogP contribution < -0.4 is 5.73 Å². The van der Waals surface area contributed by atoms with E-state index < -0.39 is 5.60 Å². The fourth-order valence-corrected chi connectivity index (χ4v) is 5.02. The molecule has 1 aromatic carbocycles. The second-order valence-electron chi connectivity index (χ2n) is 7.33. The predicted molar refractivity (Wildman–Crippen MR) is 82.4 cm³/mol. The van der Waals surface area contributed by atoms with E-state index in [9.17, 15) is 5.11 Å². The first-order chi connectivity index (χ1) is 9.40. The van der Waals surface area contributed by atoms with Gasteiger partial charge in [0, 0.05) is 12.0 Å². The lowest BCUT2D eigenvalue weighted by Crippen LogP contribution is -2.52. The third-order valence-electron chi connectivity index (χ3n) is 6.23. The van der Waals surface area contributed by atoms with Crippen LogP contribution in [0, 0.1) is 31.1 Å². The van der Waals surface area contributed by atoms with Gasteiger partial charge in [-0.05, 0) is 63.0 Å². The van der Waals surface area contributed by atoms with Gasteiger partial charge in [-0.15, -0.1) is 0 Å². The number of hydrogen-bond donors (Lipinski definition) is 2. The lowest BCUT2D eigenvalue weighted by Gasteiger charge is -2.49. The Morgan fingerprint density at radius 1 is 1.35 bits per heavy atom. The molecule has 110 valence electrons. The van der Waals surface area contributed by atoms with Gasteiger partial charge >= 0.3 is 0 Å². The Morgan fingerprint density at radius 3 is 2.65 bits per heavy atom. The van der Waals surface area contributed by atoms with Crippen LogP contribution in [0.3, 0.4) is 0 Å². The van der Waals surface area contributed by atoms with Crippen molar-refractivity contribution in [2.24, 2.45) is 23.0 Å². The van der Waals surface area contributed by atoms with Gasteiger partial charge in [-0.25, -0.2) is 0 Å². The molecule has 0 spiro atoms. The summed E-state index contributed by atoms with van der Waals surface area (Å²) in [5.41, 5.74) is 8.72. The third-order valence-corrected chi connectivity index (χ3v) is 6.23. The Hall–Kier alpha value is -0.860. The van der Waals surface area contributed by atoms with Crippen LogP contribution in [0.1, 0.15) is 49.3 Å². The van der Waals surface area contributed by atoms with Gasteiger partial charge in [0.25, 0.3) is 0 Å². The number of aliphatic hydroxyl groups is 1. The average molecular weight is 273 g/mol. The summed E-state index contributed by atoms with van der Waals surface area (Å²) in [4.78, 5) is 0. The Labute approximate surface area is 122 Å². The number of aryl methyl sites for hydroxylation is 2. The summed E-state index contributed by atoms with van der Waals surface area (Å²) in [7, 11) is 0. The first kappa shape index (κ1) is 14.1. The molecule has 2 saturated carbocycles. The van der Waals surface area contributed by atoms with Crippen molar-refractivity contribution in [3.8, 4) is 0 Å². The zero-order valence-corrected chi connectivity index (χ0v) is 12.9. The highest BCUT2D eigenvalue weighted by Crippen LogP contribution is 2.62. The molecule has 4 atom stereocenters. The SMILES string of the molecule is Cc1ccc(C)c(C(C)(O)C2(CN)CC3CCC2C3)c1. The van der Waals surface area contributed by atoms with E-state index >= 15 is 0 Å². The Kier molecular flexibility index (Phi) is 3.22. The predicted octanol–water partition coefficient (Wildman–Crippen LogP) is 3.28. The molecule has 0 radical (unpaired) electrons. The molecule has 2 nitrogen and oxygen atoms in total. The lowest BCUT2D eigenvalue weighted by molar-refractivity contribution is -0.103. The largest absolute Gasteiger partial charge is 0.385 e. The van der Waals surface area contributed by atoms with Gasteiger partial charge in [0.15, 0.2) is 0 Å². The minimum Gasteiger partial charge on any atom is -0.385 e. The van der Waals surface area contributed by atoms with Gasteiger partial charge in [0.1, 0.15) is 0 Å². The van der Waals surface area contributed by atoms with Crippen molar-refractivity contribution in [2.75, 3.05) is 6.54 Å². The number of hydrogen-bond acceptors (Lipinski definition) is 2. The summed E-state index contributed by atoms with van der Waals surface area (Å²) in [6.07, 6.45) is 4.92. The molecular weight excluding hydrogens is 246 g/mol. The van der Waals surface area contributed by atoms with E-state index in [1.54, 1.807) is 0 Å². The zero-order chi connectivity index (χ0) is 14.5. The van der Waals surface area contributed by atoms with E-state index in [-0.39, 0.29) is 5.41 Å². The van der Waals surface area contributed by atoms with Gasteiger partial charge in [0.2, 0.25) is 0 Å². The number of fused-ring (bicyclic) bond motifs is 2. The fourth-order valence-electron chi connectivity index (χ4n) is 5.02. The molecule has 3 rings (SSSR count). The smallest absolute Gasteiger partial charge is 0.0941 e. The van der Waals surface area contributed by atoms with Crippen molar-refractivity contribution < 1.29 is 5.11 Å². The Bertz CT molecular complexity index is 522. The van der Waals surface area contributed by atoms with E-state index in [1.165, 1.54) is 30.4 Å². The van der Waals surface area contributed by atoms with Crippen LogP contribution >= 0.6 is 0 Å². The van der Waals surface area contributed by atoms with Crippen LogP contribution in [0.5, 0.6) is 0 Å². The van der Waals surface area contributed by atoms with Crippen LogP contribution in [0.2, 0.25) is 0 Å². The van der Waals surface area contributed by atoms with Crippen molar-refractivity contribution in [3.05, 3.63) is 34.9 Å². The minimum atomic E-state index is -0.822. The van der Waals surface area contributed by atoms with E-state index in [1.807, 2.05) is 6.92 Å². The summed E-state index contributed by atoms with van der Waals surface area (Å²) in [5.74, 6) is 1.37. The molecule has 2 heteroatoms. The van der Waals surface area contributed by atoms with Crippen LogP contribution in [0.15, 0.2) is 18.2 Å². The Morgan fingerprint density at radius 2 is 2.10 bits per heavy atom. The molecule has 20 heavy (non-hydrogen) atoms. The van der Waals surface area contributed by atoms with Crippen molar-refractivity contribution in [3.63, 3.8) is 0 Å². The van der Waals surface area contributed by atoms with Gasteiger partial charge in [-0.3, -0.25) is 0 Å². The fraction of sp³-hybridized carbons (Fsp3) is 0.667. The molecule has 1 aromatic rings. The van der Waals surface area contributed by atoms with Gasteiger partial charge in [-0.2, -0.15) is 0 Å². The average Bonchev–Trinajstić information content (AvgIpc) is 3.02. The second kappa shape index (κ2) is 4.57. The van der Waals surface area contributed by atoms with E-state index in [2.05, 4.69) is 32.0 Å².